The summed E-state index contributed by atoms with van der Waals surface area (Å²) in [6, 6.07) is 11.3. The van der Waals surface area contributed by atoms with Crippen molar-refractivity contribution in [2.24, 2.45) is 0 Å². The molecule has 2 aromatic rings. The molecule has 0 bridgehead atoms. The van der Waals surface area contributed by atoms with E-state index in [0.29, 0.717) is 18.6 Å². The first-order valence-corrected chi connectivity index (χ1v) is 12.3. The number of halogens is 2. The van der Waals surface area contributed by atoms with Crippen LogP contribution in [-0.4, -0.2) is 42.7 Å². The van der Waals surface area contributed by atoms with Gasteiger partial charge in [0, 0.05) is 27.6 Å². The molecule has 0 unspecified atom stereocenters. The molecule has 0 saturated carbocycles. The molecule has 6 heteroatoms. The van der Waals surface area contributed by atoms with E-state index in [1.807, 2.05) is 39.0 Å². The van der Waals surface area contributed by atoms with Crippen LogP contribution in [0.3, 0.4) is 0 Å². The van der Waals surface area contributed by atoms with Crippen LogP contribution in [-0.2, 0) is 14.9 Å². The second-order valence-corrected chi connectivity index (χ2v) is 10.8. The van der Waals surface area contributed by atoms with E-state index in [2.05, 4.69) is 33.0 Å². The average Bonchev–Trinajstić information content (AvgIpc) is 3.09. The largest absolute Gasteiger partial charge is 0.492 e. The topological polar surface area (TPSA) is 38.8 Å². The third-order valence-electron chi connectivity index (χ3n) is 6.39. The molecule has 4 rings (SSSR count). The highest BCUT2D eigenvalue weighted by Crippen LogP contribution is 2.46. The van der Waals surface area contributed by atoms with E-state index >= 15 is 0 Å². The Balaban J connectivity index is 1.37. The Kier molecular flexibility index (Phi) is 6.96. The van der Waals surface area contributed by atoms with E-state index < -0.39 is 5.60 Å². The van der Waals surface area contributed by atoms with E-state index in [1.54, 1.807) is 12.1 Å². The van der Waals surface area contributed by atoms with Gasteiger partial charge in [-0.25, -0.2) is 4.39 Å². The maximum Gasteiger partial charge on any atom is 0.307 e. The van der Waals surface area contributed by atoms with Gasteiger partial charge in [-0.05, 0) is 70.5 Å². The Labute approximate surface area is 203 Å². The lowest BCUT2D eigenvalue weighted by Gasteiger charge is -2.38. The SMILES string of the molecule is CC(C)(C)OC(=O)CCN1CCC2(CC1)COc1cc(C=Cc3c(F)cccc3Br)ccc12. The third-order valence-corrected chi connectivity index (χ3v) is 7.08. The molecule has 2 aliphatic rings. The Morgan fingerprint density at radius 1 is 1.21 bits per heavy atom. The molecule has 1 fully saturated rings. The molecule has 2 aliphatic heterocycles. The van der Waals surface area contributed by atoms with Crippen molar-refractivity contribution in [2.75, 3.05) is 26.2 Å². The van der Waals surface area contributed by atoms with Crippen LogP contribution in [0.5, 0.6) is 5.75 Å². The summed E-state index contributed by atoms with van der Waals surface area (Å²) in [5.74, 6) is 0.530. The molecule has 0 N–H and O–H groups in total. The zero-order chi connectivity index (χ0) is 23.6. The molecule has 176 valence electrons. The fraction of sp³-hybridized carbons (Fsp3) is 0.444. The summed E-state index contributed by atoms with van der Waals surface area (Å²) < 4.78 is 26.3. The molecule has 1 saturated heterocycles. The molecule has 4 nitrogen and oxygen atoms in total. The number of hydrogen-bond donors (Lipinski definition) is 0. The molecule has 0 aromatic heterocycles. The molecule has 1 spiro atoms. The van der Waals surface area contributed by atoms with Gasteiger partial charge in [0.1, 0.15) is 17.2 Å². The normalized spacial score (nSPS) is 17.8. The summed E-state index contributed by atoms with van der Waals surface area (Å²) in [5, 5.41) is 0. The maximum absolute atomic E-state index is 14.1. The summed E-state index contributed by atoms with van der Waals surface area (Å²) in [4.78, 5) is 14.4. The van der Waals surface area contributed by atoms with Crippen molar-refractivity contribution in [3.63, 3.8) is 0 Å². The van der Waals surface area contributed by atoms with Gasteiger partial charge in [0.15, 0.2) is 0 Å². The van der Waals surface area contributed by atoms with Gasteiger partial charge < -0.3 is 14.4 Å². The van der Waals surface area contributed by atoms with Crippen molar-refractivity contribution in [2.45, 2.75) is 51.0 Å². The fourth-order valence-electron chi connectivity index (χ4n) is 4.60. The minimum Gasteiger partial charge on any atom is -0.492 e. The first-order valence-electron chi connectivity index (χ1n) is 11.5. The zero-order valence-electron chi connectivity index (χ0n) is 19.5. The molecule has 2 aromatic carbocycles. The Hall–Kier alpha value is -2.18. The quantitative estimate of drug-likeness (QED) is 0.350. The van der Waals surface area contributed by atoms with E-state index in [4.69, 9.17) is 9.47 Å². The van der Waals surface area contributed by atoms with E-state index in [0.717, 1.165) is 48.3 Å². The van der Waals surface area contributed by atoms with Crippen LogP contribution in [0.15, 0.2) is 40.9 Å². The maximum atomic E-state index is 14.1. The number of carbonyl (C=O) groups excluding carboxylic acids is 1. The first-order chi connectivity index (χ1) is 15.7. The van der Waals surface area contributed by atoms with E-state index in [1.165, 1.54) is 11.6 Å². The summed E-state index contributed by atoms with van der Waals surface area (Å²) in [6.45, 7) is 8.99. The summed E-state index contributed by atoms with van der Waals surface area (Å²) >= 11 is 3.41. The number of ether oxygens (including phenoxy) is 2. The number of benzene rings is 2. The zero-order valence-corrected chi connectivity index (χ0v) is 21.1. The van der Waals surface area contributed by atoms with Gasteiger partial charge in [0.2, 0.25) is 0 Å². The Morgan fingerprint density at radius 2 is 1.97 bits per heavy atom. The third kappa shape index (κ3) is 5.67. The van der Waals surface area contributed by atoms with Crippen molar-refractivity contribution in [3.05, 3.63) is 63.4 Å². The van der Waals surface area contributed by atoms with Crippen molar-refractivity contribution in [1.29, 1.82) is 0 Å². The smallest absolute Gasteiger partial charge is 0.307 e. The van der Waals surface area contributed by atoms with Gasteiger partial charge in [-0.15, -0.1) is 0 Å². The minimum atomic E-state index is -0.437. The number of piperidine rings is 1. The van der Waals surface area contributed by atoms with Gasteiger partial charge in [-0.1, -0.05) is 46.3 Å². The molecule has 0 atom stereocenters. The predicted octanol–water partition coefficient (Wildman–Crippen LogP) is 6.22. The van der Waals surface area contributed by atoms with Crippen LogP contribution in [0.1, 0.15) is 56.7 Å². The summed E-state index contributed by atoms with van der Waals surface area (Å²) in [5.41, 5.74) is 2.38. The number of hydrogen-bond acceptors (Lipinski definition) is 4. The average molecular weight is 516 g/mol. The van der Waals surface area contributed by atoms with Gasteiger partial charge in [0.25, 0.3) is 0 Å². The second kappa shape index (κ2) is 9.59. The first kappa shape index (κ1) is 24.0. The highest BCUT2D eigenvalue weighted by atomic mass is 79.9. The van der Waals surface area contributed by atoms with Gasteiger partial charge in [0.05, 0.1) is 13.0 Å². The lowest BCUT2D eigenvalue weighted by atomic mass is 9.74. The van der Waals surface area contributed by atoms with Crippen LogP contribution in [0.25, 0.3) is 12.2 Å². The standard InChI is InChI=1S/C27H31BrFNO3/c1-26(2,3)33-25(31)11-14-30-15-12-27(13-16-30)18-32-24-17-19(8-10-21(24)27)7-9-20-22(28)5-4-6-23(20)29/h4-10,17H,11-16,18H2,1-3H3. The van der Waals surface area contributed by atoms with Crippen LogP contribution < -0.4 is 4.74 Å². The lowest BCUT2D eigenvalue weighted by Crippen LogP contribution is -2.44. The molecule has 0 amide bonds. The van der Waals surface area contributed by atoms with Crippen LogP contribution in [0.2, 0.25) is 0 Å². The van der Waals surface area contributed by atoms with E-state index in [9.17, 15) is 9.18 Å². The molecular formula is C27H31BrFNO3. The van der Waals surface area contributed by atoms with Crippen LogP contribution in [0.4, 0.5) is 4.39 Å². The molecule has 0 aliphatic carbocycles. The van der Waals surface area contributed by atoms with Gasteiger partial charge >= 0.3 is 5.97 Å². The predicted molar refractivity (Wildman–Crippen MR) is 133 cm³/mol. The molecule has 0 radical (unpaired) electrons. The number of likely N-dealkylation sites (tertiary alicyclic amines) is 1. The second-order valence-electron chi connectivity index (χ2n) is 9.97. The summed E-state index contributed by atoms with van der Waals surface area (Å²) in [7, 11) is 0. The number of nitrogens with zero attached hydrogens (tertiary/aromatic N) is 1. The van der Waals surface area contributed by atoms with E-state index in [-0.39, 0.29) is 17.2 Å². The highest BCUT2D eigenvalue weighted by Gasteiger charge is 2.43. The van der Waals surface area contributed by atoms with Crippen LogP contribution >= 0.6 is 15.9 Å². The van der Waals surface area contributed by atoms with Crippen molar-refractivity contribution in [1.82, 2.24) is 4.90 Å². The number of rotatable bonds is 5. The fourth-order valence-corrected chi connectivity index (χ4v) is 5.08. The van der Waals surface area contributed by atoms with Gasteiger partial charge in [-0.2, -0.15) is 0 Å². The van der Waals surface area contributed by atoms with Crippen molar-refractivity contribution >= 4 is 34.1 Å². The molecular weight excluding hydrogens is 485 g/mol. The van der Waals surface area contributed by atoms with Gasteiger partial charge in [-0.3, -0.25) is 4.79 Å². The van der Waals surface area contributed by atoms with Crippen molar-refractivity contribution < 1.29 is 18.7 Å². The van der Waals surface area contributed by atoms with Crippen molar-refractivity contribution in [3.8, 4) is 5.75 Å². The molecule has 33 heavy (non-hydrogen) atoms. The highest BCUT2D eigenvalue weighted by molar-refractivity contribution is 9.10. The van der Waals surface area contributed by atoms with Crippen LogP contribution in [0, 0.1) is 5.82 Å². The lowest BCUT2D eigenvalue weighted by molar-refractivity contribution is -0.155. The summed E-state index contributed by atoms with van der Waals surface area (Å²) in [6.07, 6.45) is 6.13. The number of esters is 1. The number of fused-ring (bicyclic) bond motifs is 2. The monoisotopic (exact) mass is 515 g/mol. The minimum absolute atomic E-state index is 0.0363. The Bertz CT molecular complexity index is 1030. The molecule has 2 heterocycles. The Morgan fingerprint density at radius 3 is 2.67 bits per heavy atom. The number of carbonyl (C=O) groups is 1.